The van der Waals surface area contributed by atoms with Crippen molar-refractivity contribution in [2.75, 3.05) is 26.2 Å². The molecule has 6 nitrogen and oxygen atoms in total. The minimum atomic E-state index is -3.35. The van der Waals surface area contributed by atoms with Crippen molar-refractivity contribution in [3.63, 3.8) is 0 Å². The molecule has 138 valence electrons. The summed E-state index contributed by atoms with van der Waals surface area (Å²) < 4.78 is 26.6. The second-order valence-electron chi connectivity index (χ2n) is 6.38. The predicted octanol–water partition coefficient (Wildman–Crippen LogP) is 1.69. The number of amides is 1. The summed E-state index contributed by atoms with van der Waals surface area (Å²) in [6, 6.07) is 13.0. The summed E-state index contributed by atoms with van der Waals surface area (Å²) in [7, 11) is -3.35. The van der Waals surface area contributed by atoms with Crippen LogP contribution in [0.25, 0.3) is 0 Å². The third-order valence-electron chi connectivity index (χ3n) is 4.53. The second kappa shape index (κ2) is 8.42. The monoisotopic (exact) mass is 373 g/mol. The molecule has 1 fully saturated rings. The van der Waals surface area contributed by atoms with Crippen LogP contribution in [-0.2, 0) is 27.0 Å². The summed E-state index contributed by atoms with van der Waals surface area (Å²) in [5.41, 5.74) is 1.81. The van der Waals surface area contributed by atoms with Crippen LogP contribution >= 0.6 is 0 Å². The standard InChI is InChI=1S/C19H23N3O3S/c23-19(9-8-17-7-4-10-20-15-17)21-11-13-22(14-12-21)26(24,25)16-18-5-2-1-3-6-18/h1-7,10,15H,8-9,11-14,16H2. The first-order valence-corrected chi connectivity index (χ1v) is 10.3. The fraction of sp³-hybridized carbons (Fsp3) is 0.368. The molecule has 1 saturated heterocycles. The van der Waals surface area contributed by atoms with Crippen molar-refractivity contribution in [3.8, 4) is 0 Å². The largest absolute Gasteiger partial charge is 0.340 e. The number of pyridine rings is 1. The number of hydrogen-bond acceptors (Lipinski definition) is 4. The normalized spacial score (nSPS) is 15.8. The Bertz CT molecular complexity index is 818. The molecule has 0 atom stereocenters. The molecule has 26 heavy (non-hydrogen) atoms. The maximum absolute atomic E-state index is 12.6. The molecule has 1 aromatic heterocycles. The van der Waals surface area contributed by atoms with Gasteiger partial charge in [-0.25, -0.2) is 8.42 Å². The Labute approximate surface area is 154 Å². The van der Waals surface area contributed by atoms with Gasteiger partial charge in [0.15, 0.2) is 0 Å². The van der Waals surface area contributed by atoms with Crippen LogP contribution in [0.5, 0.6) is 0 Å². The fourth-order valence-electron chi connectivity index (χ4n) is 3.05. The fourth-order valence-corrected chi connectivity index (χ4v) is 4.56. The third kappa shape index (κ3) is 4.89. The molecule has 2 heterocycles. The Morgan fingerprint density at radius 2 is 1.65 bits per heavy atom. The zero-order valence-corrected chi connectivity index (χ0v) is 15.4. The number of carbonyl (C=O) groups is 1. The van der Waals surface area contributed by atoms with E-state index in [1.807, 2.05) is 42.5 Å². The molecule has 1 aliphatic heterocycles. The van der Waals surface area contributed by atoms with Gasteiger partial charge in [0.2, 0.25) is 15.9 Å². The van der Waals surface area contributed by atoms with Crippen molar-refractivity contribution >= 4 is 15.9 Å². The molecule has 0 spiro atoms. The highest BCUT2D eigenvalue weighted by atomic mass is 32.2. The number of sulfonamides is 1. The lowest BCUT2D eigenvalue weighted by Crippen LogP contribution is -2.50. The first kappa shape index (κ1) is 18.5. The van der Waals surface area contributed by atoms with Crippen molar-refractivity contribution in [1.29, 1.82) is 0 Å². The molecular weight excluding hydrogens is 350 g/mol. The molecule has 3 rings (SSSR count). The van der Waals surface area contributed by atoms with Crippen molar-refractivity contribution in [1.82, 2.24) is 14.2 Å². The highest BCUT2D eigenvalue weighted by Crippen LogP contribution is 2.14. The van der Waals surface area contributed by atoms with E-state index in [0.717, 1.165) is 11.1 Å². The number of aryl methyl sites for hydroxylation is 1. The van der Waals surface area contributed by atoms with Crippen LogP contribution < -0.4 is 0 Å². The number of benzene rings is 1. The lowest BCUT2D eigenvalue weighted by molar-refractivity contribution is -0.132. The van der Waals surface area contributed by atoms with Crippen LogP contribution in [0.3, 0.4) is 0 Å². The smallest absolute Gasteiger partial charge is 0.222 e. The highest BCUT2D eigenvalue weighted by molar-refractivity contribution is 7.88. The van der Waals surface area contributed by atoms with Crippen molar-refractivity contribution in [2.24, 2.45) is 0 Å². The number of nitrogens with zero attached hydrogens (tertiary/aromatic N) is 3. The first-order valence-electron chi connectivity index (χ1n) is 8.73. The van der Waals surface area contributed by atoms with Crippen LogP contribution in [0.2, 0.25) is 0 Å². The van der Waals surface area contributed by atoms with E-state index >= 15 is 0 Å². The zero-order valence-electron chi connectivity index (χ0n) is 14.6. The Morgan fingerprint density at radius 3 is 2.31 bits per heavy atom. The minimum absolute atomic E-state index is 0.00277. The lowest BCUT2D eigenvalue weighted by Gasteiger charge is -2.34. The van der Waals surface area contributed by atoms with Crippen LogP contribution in [0.4, 0.5) is 0 Å². The van der Waals surface area contributed by atoms with Gasteiger partial charge >= 0.3 is 0 Å². The summed E-state index contributed by atoms with van der Waals surface area (Å²) in [6.07, 6.45) is 4.55. The topological polar surface area (TPSA) is 70.6 Å². The molecule has 0 bridgehead atoms. The van der Waals surface area contributed by atoms with E-state index in [-0.39, 0.29) is 11.7 Å². The minimum Gasteiger partial charge on any atom is -0.340 e. The Balaban J connectivity index is 1.49. The zero-order chi connectivity index (χ0) is 18.4. The van der Waals surface area contributed by atoms with E-state index < -0.39 is 10.0 Å². The van der Waals surface area contributed by atoms with Gasteiger partial charge in [-0.05, 0) is 23.6 Å². The maximum Gasteiger partial charge on any atom is 0.222 e. The van der Waals surface area contributed by atoms with Gasteiger partial charge in [0.1, 0.15) is 0 Å². The van der Waals surface area contributed by atoms with Gasteiger partial charge in [-0.2, -0.15) is 4.31 Å². The number of aromatic nitrogens is 1. The summed E-state index contributed by atoms with van der Waals surface area (Å²) in [4.78, 5) is 18.2. The van der Waals surface area contributed by atoms with Gasteiger partial charge in [0.05, 0.1) is 5.75 Å². The van der Waals surface area contributed by atoms with Crippen molar-refractivity contribution < 1.29 is 13.2 Å². The molecule has 2 aromatic rings. The molecule has 0 radical (unpaired) electrons. The quantitative estimate of drug-likeness (QED) is 0.773. The van der Waals surface area contributed by atoms with Crippen LogP contribution in [0, 0.1) is 0 Å². The number of rotatable bonds is 6. The lowest BCUT2D eigenvalue weighted by atomic mass is 10.1. The molecule has 1 aliphatic rings. The number of carbonyl (C=O) groups excluding carboxylic acids is 1. The molecule has 0 unspecified atom stereocenters. The van der Waals surface area contributed by atoms with Crippen LogP contribution in [0.1, 0.15) is 17.5 Å². The van der Waals surface area contributed by atoms with Gasteiger partial charge in [0, 0.05) is 45.0 Å². The van der Waals surface area contributed by atoms with E-state index in [0.29, 0.717) is 39.0 Å². The van der Waals surface area contributed by atoms with Crippen molar-refractivity contribution in [2.45, 2.75) is 18.6 Å². The molecule has 1 aromatic carbocycles. The number of piperazine rings is 1. The second-order valence-corrected chi connectivity index (χ2v) is 8.35. The molecule has 7 heteroatoms. The van der Waals surface area contributed by atoms with E-state index in [9.17, 15) is 13.2 Å². The molecule has 0 saturated carbocycles. The highest BCUT2D eigenvalue weighted by Gasteiger charge is 2.28. The Hall–Kier alpha value is -2.25. The number of hydrogen-bond donors (Lipinski definition) is 0. The van der Waals surface area contributed by atoms with Gasteiger partial charge in [-0.1, -0.05) is 36.4 Å². The van der Waals surface area contributed by atoms with E-state index in [1.165, 1.54) is 4.31 Å². The van der Waals surface area contributed by atoms with E-state index in [4.69, 9.17) is 0 Å². The predicted molar refractivity (Wildman–Crippen MR) is 99.8 cm³/mol. The average Bonchev–Trinajstić information content (AvgIpc) is 2.67. The SMILES string of the molecule is O=C(CCc1cccnc1)N1CCN(S(=O)(=O)Cc2ccccc2)CC1. The van der Waals surface area contributed by atoms with Gasteiger partial charge in [0.25, 0.3) is 0 Å². The Morgan fingerprint density at radius 1 is 0.962 bits per heavy atom. The third-order valence-corrected chi connectivity index (χ3v) is 6.38. The van der Waals surface area contributed by atoms with E-state index in [1.54, 1.807) is 17.3 Å². The molecule has 0 aliphatic carbocycles. The van der Waals surface area contributed by atoms with Gasteiger partial charge < -0.3 is 4.90 Å². The first-order chi connectivity index (χ1) is 12.5. The van der Waals surface area contributed by atoms with Crippen LogP contribution in [-0.4, -0.2) is 54.7 Å². The van der Waals surface area contributed by atoms with Crippen molar-refractivity contribution in [3.05, 3.63) is 66.0 Å². The van der Waals surface area contributed by atoms with Gasteiger partial charge in [-0.3, -0.25) is 9.78 Å². The summed E-state index contributed by atoms with van der Waals surface area (Å²) in [5, 5.41) is 0. The molecule has 1 amide bonds. The maximum atomic E-state index is 12.6. The van der Waals surface area contributed by atoms with Gasteiger partial charge in [-0.15, -0.1) is 0 Å². The summed E-state index contributed by atoms with van der Waals surface area (Å²) in [5.74, 6) is 0.0666. The van der Waals surface area contributed by atoms with E-state index in [2.05, 4.69) is 4.98 Å². The average molecular weight is 373 g/mol. The summed E-state index contributed by atoms with van der Waals surface area (Å²) >= 11 is 0. The molecule has 0 N–H and O–H groups in total. The Kier molecular flexibility index (Phi) is 6.00. The van der Waals surface area contributed by atoms with Crippen LogP contribution in [0.15, 0.2) is 54.9 Å². The summed E-state index contributed by atoms with van der Waals surface area (Å²) in [6.45, 7) is 1.60. The molecular formula is C19H23N3O3S.